The first-order chi connectivity index (χ1) is 16.3. The zero-order valence-corrected chi connectivity index (χ0v) is 17.5. The maximum atomic E-state index is 4.70. The lowest BCUT2D eigenvalue weighted by Gasteiger charge is -2.05. The van der Waals surface area contributed by atoms with Crippen molar-refractivity contribution in [1.29, 1.82) is 0 Å². The molecule has 5 aromatic heterocycles. The van der Waals surface area contributed by atoms with E-state index in [1.54, 1.807) is 6.20 Å². The van der Waals surface area contributed by atoms with Crippen molar-refractivity contribution in [2.75, 3.05) is 0 Å². The summed E-state index contributed by atoms with van der Waals surface area (Å²) in [4.78, 5) is 20.8. The highest BCUT2D eigenvalue weighted by Crippen LogP contribution is 2.27. The molecule has 0 aliphatic heterocycles. The Morgan fingerprint density at radius 2 is 1.30 bits per heavy atom. The number of imidazole rings is 1. The Hall–Kier alpha value is -4.71. The monoisotopic (exact) mass is 426 g/mol. The van der Waals surface area contributed by atoms with Gasteiger partial charge in [-0.05, 0) is 36.4 Å². The molecule has 0 aliphatic carbocycles. The first kappa shape index (κ1) is 17.9. The molecule has 2 aromatic carbocycles. The molecule has 5 heterocycles. The second kappa shape index (κ2) is 6.90. The number of para-hydroxylation sites is 2. The number of aromatic amines is 2. The average Bonchev–Trinajstić information content (AvgIpc) is 3.59. The Morgan fingerprint density at radius 3 is 2.03 bits per heavy atom. The summed E-state index contributed by atoms with van der Waals surface area (Å²) in [7, 11) is 0. The summed E-state index contributed by atoms with van der Waals surface area (Å²) in [5, 5.41) is 2.35. The van der Waals surface area contributed by atoms with Crippen LogP contribution in [0.1, 0.15) is 0 Å². The molecule has 0 aliphatic rings. The zero-order valence-electron chi connectivity index (χ0n) is 17.5. The Morgan fingerprint density at radius 1 is 0.606 bits per heavy atom. The molecule has 0 radical (unpaired) electrons. The molecule has 33 heavy (non-hydrogen) atoms. The average molecular weight is 426 g/mol. The maximum absolute atomic E-state index is 4.70. The van der Waals surface area contributed by atoms with Crippen LogP contribution in [0.25, 0.3) is 61.5 Å². The summed E-state index contributed by atoms with van der Waals surface area (Å²) in [5.74, 6) is 0. The lowest BCUT2D eigenvalue weighted by atomic mass is 10.2. The molecule has 0 fully saturated rings. The summed E-state index contributed by atoms with van der Waals surface area (Å²) < 4.78 is 2.07. The molecule has 0 saturated carbocycles. The van der Waals surface area contributed by atoms with Gasteiger partial charge in [0.1, 0.15) is 0 Å². The van der Waals surface area contributed by atoms with Crippen LogP contribution in [0.3, 0.4) is 0 Å². The largest absolute Gasteiger partial charge is 0.353 e. The maximum Gasteiger partial charge on any atom is 0.155 e. The highest BCUT2D eigenvalue weighted by atomic mass is 15.0. The lowest BCUT2D eigenvalue weighted by molar-refractivity contribution is 1.12. The van der Waals surface area contributed by atoms with Crippen LogP contribution in [0.15, 0.2) is 97.6 Å². The Balaban J connectivity index is 1.27. The van der Waals surface area contributed by atoms with Gasteiger partial charge in [0, 0.05) is 39.8 Å². The van der Waals surface area contributed by atoms with Gasteiger partial charge in [-0.2, -0.15) is 0 Å². The van der Waals surface area contributed by atoms with Gasteiger partial charge in [0.05, 0.1) is 40.9 Å². The molecule has 6 nitrogen and oxygen atoms in total. The van der Waals surface area contributed by atoms with Crippen molar-refractivity contribution in [3.63, 3.8) is 0 Å². The van der Waals surface area contributed by atoms with Gasteiger partial charge in [-0.15, -0.1) is 0 Å². The van der Waals surface area contributed by atoms with E-state index < -0.39 is 0 Å². The molecule has 6 heteroatoms. The minimum absolute atomic E-state index is 0.801. The fourth-order valence-electron chi connectivity index (χ4n) is 4.36. The second-order valence-corrected chi connectivity index (χ2v) is 8.12. The van der Waals surface area contributed by atoms with Gasteiger partial charge in [-0.25, -0.2) is 4.98 Å². The van der Waals surface area contributed by atoms with Crippen LogP contribution >= 0.6 is 0 Å². The van der Waals surface area contributed by atoms with Gasteiger partial charge in [-0.3, -0.25) is 14.4 Å². The van der Waals surface area contributed by atoms with E-state index in [0.29, 0.717) is 0 Å². The fourth-order valence-corrected chi connectivity index (χ4v) is 4.36. The van der Waals surface area contributed by atoms with Crippen LogP contribution in [0, 0.1) is 0 Å². The van der Waals surface area contributed by atoms with Crippen molar-refractivity contribution < 1.29 is 0 Å². The quantitative estimate of drug-likeness (QED) is 0.359. The van der Waals surface area contributed by atoms with Crippen molar-refractivity contribution in [2.45, 2.75) is 0 Å². The summed E-state index contributed by atoms with van der Waals surface area (Å²) >= 11 is 0. The smallest absolute Gasteiger partial charge is 0.155 e. The van der Waals surface area contributed by atoms with Gasteiger partial charge >= 0.3 is 0 Å². The SMILES string of the molecule is c1ccc2[nH]c(-c3ccc(-c4cn5c(-c6cc7ccccc7[nH]6)cnc5cn4)cn3)cc2c1. The Bertz CT molecular complexity index is 1700. The van der Waals surface area contributed by atoms with Crippen LogP contribution in [0.2, 0.25) is 0 Å². The van der Waals surface area contributed by atoms with E-state index in [2.05, 4.69) is 66.8 Å². The van der Waals surface area contributed by atoms with Crippen molar-refractivity contribution >= 4 is 27.5 Å². The van der Waals surface area contributed by atoms with Gasteiger partial charge in [-0.1, -0.05) is 36.4 Å². The molecular formula is C27H18N6. The number of pyridine rings is 1. The Labute approximate surface area is 188 Å². The van der Waals surface area contributed by atoms with Crippen LogP contribution in [-0.4, -0.2) is 29.3 Å². The highest BCUT2D eigenvalue weighted by molar-refractivity contribution is 5.86. The summed E-state index contributed by atoms with van der Waals surface area (Å²) in [6, 6.07) is 24.9. The topological polar surface area (TPSA) is 74.7 Å². The van der Waals surface area contributed by atoms with Gasteiger partial charge < -0.3 is 9.97 Å². The molecule has 7 aromatic rings. The number of hydrogen-bond acceptors (Lipinski definition) is 3. The molecule has 0 bridgehead atoms. The van der Waals surface area contributed by atoms with Gasteiger partial charge in [0.25, 0.3) is 0 Å². The third-order valence-electron chi connectivity index (χ3n) is 6.07. The molecule has 156 valence electrons. The van der Waals surface area contributed by atoms with Gasteiger partial charge in [0.2, 0.25) is 0 Å². The number of fused-ring (bicyclic) bond motifs is 3. The van der Waals surface area contributed by atoms with Crippen molar-refractivity contribution in [3.8, 4) is 34.0 Å². The Kier molecular flexibility index (Phi) is 3.75. The normalized spacial score (nSPS) is 11.6. The van der Waals surface area contributed by atoms with Crippen LogP contribution in [0.4, 0.5) is 0 Å². The number of aromatic nitrogens is 6. The van der Waals surface area contributed by atoms with Crippen LogP contribution in [0.5, 0.6) is 0 Å². The van der Waals surface area contributed by atoms with Crippen molar-refractivity contribution in [2.24, 2.45) is 0 Å². The van der Waals surface area contributed by atoms with E-state index in [9.17, 15) is 0 Å². The van der Waals surface area contributed by atoms with Crippen LogP contribution in [-0.2, 0) is 0 Å². The molecule has 0 spiro atoms. The zero-order chi connectivity index (χ0) is 21.8. The third-order valence-corrected chi connectivity index (χ3v) is 6.07. The lowest BCUT2D eigenvalue weighted by Crippen LogP contribution is -1.94. The fraction of sp³-hybridized carbons (Fsp3) is 0. The summed E-state index contributed by atoms with van der Waals surface area (Å²) in [6.45, 7) is 0. The van der Waals surface area contributed by atoms with Crippen LogP contribution < -0.4 is 0 Å². The highest BCUT2D eigenvalue weighted by Gasteiger charge is 2.12. The van der Waals surface area contributed by atoms with E-state index in [-0.39, 0.29) is 0 Å². The van der Waals surface area contributed by atoms with E-state index >= 15 is 0 Å². The third kappa shape index (κ3) is 2.92. The number of benzene rings is 2. The summed E-state index contributed by atoms with van der Waals surface area (Å²) in [5.41, 5.74) is 8.72. The predicted molar refractivity (Wildman–Crippen MR) is 131 cm³/mol. The number of rotatable bonds is 3. The minimum Gasteiger partial charge on any atom is -0.353 e. The number of hydrogen-bond donors (Lipinski definition) is 2. The molecule has 0 saturated heterocycles. The molecular weight excluding hydrogens is 408 g/mol. The predicted octanol–water partition coefficient (Wildman–Crippen LogP) is 6.09. The van der Waals surface area contributed by atoms with E-state index in [1.165, 1.54) is 10.8 Å². The van der Waals surface area contributed by atoms with Gasteiger partial charge in [0.15, 0.2) is 5.65 Å². The van der Waals surface area contributed by atoms with E-state index in [0.717, 1.165) is 50.7 Å². The van der Waals surface area contributed by atoms with Crippen molar-refractivity contribution in [1.82, 2.24) is 29.3 Å². The minimum atomic E-state index is 0.801. The standard InChI is InChI=1S/C27H18N6/c1-3-7-20-17(5-1)11-23(31-20)22-10-9-19(13-28-22)25-16-33-26(14-30-27(33)15-29-25)24-12-18-6-2-4-8-21(18)32-24/h1-16,31-32H. The molecule has 0 atom stereocenters. The van der Waals surface area contributed by atoms with E-state index in [1.807, 2.05) is 48.9 Å². The van der Waals surface area contributed by atoms with Crippen molar-refractivity contribution in [3.05, 3.63) is 97.6 Å². The first-order valence-corrected chi connectivity index (χ1v) is 10.8. The number of H-pyrrole nitrogens is 2. The number of nitrogens with one attached hydrogen (secondary N) is 2. The van der Waals surface area contributed by atoms with E-state index in [4.69, 9.17) is 4.98 Å². The first-order valence-electron chi connectivity index (χ1n) is 10.8. The molecule has 7 rings (SSSR count). The molecule has 0 unspecified atom stereocenters. The molecule has 0 amide bonds. The molecule has 2 N–H and O–H groups in total. The number of nitrogens with zero attached hydrogens (tertiary/aromatic N) is 4. The second-order valence-electron chi connectivity index (χ2n) is 8.12. The summed E-state index contributed by atoms with van der Waals surface area (Å²) in [6.07, 6.45) is 7.56.